The number of benzene rings is 5. The Hall–Kier alpha value is -5.80. The van der Waals surface area contributed by atoms with Crippen molar-refractivity contribution in [3.63, 3.8) is 0 Å². The van der Waals surface area contributed by atoms with E-state index in [4.69, 9.17) is 9.97 Å². The maximum atomic E-state index is 5.68. The minimum Gasteiger partial charge on any atom is -0.310 e. The van der Waals surface area contributed by atoms with Gasteiger partial charge in [-0.1, -0.05) is 172 Å². The van der Waals surface area contributed by atoms with Crippen molar-refractivity contribution in [1.82, 2.24) is 9.97 Å². The lowest BCUT2D eigenvalue weighted by atomic mass is 9.64. The zero-order valence-corrected chi connectivity index (χ0v) is 34.4. The van der Waals surface area contributed by atoms with Gasteiger partial charge in [0.15, 0.2) is 0 Å². The molecule has 280 valence electrons. The first-order valence-electron chi connectivity index (χ1n) is 19.9. The molecular formula is C53H53N3. The number of rotatable bonds is 5. The smallest absolute Gasteiger partial charge is 0.109 e. The van der Waals surface area contributed by atoms with Gasteiger partial charge in [0.2, 0.25) is 0 Å². The summed E-state index contributed by atoms with van der Waals surface area (Å²) in [7, 11) is 0. The predicted molar refractivity (Wildman–Crippen MR) is 236 cm³/mol. The molecule has 0 saturated carbocycles. The van der Waals surface area contributed by atoms with Gasteiger partial charge in [-0.15, -0.1) is 0 Å². The van der Waals surface area contributed by atoms with Crippen LogP contribution in [0.4, 0.5) is 17.1 Å². The van der Waals surface area contributed by atoms with Crippen molar-refractivity contribution in [3.8, 4) is 22.5 Å². The van der Waals surface area contributed by atoms with Crippen molar-refractivity contribution < 1.29 is 0 Å². The second-order valence-electron chi connectivity index (χ2n) is 18.4. The summed E-state index contributed by atoms with van der Waals surface area (Å²) in [4.78, 5) is 13.8. The zero-order chi connectivity index (χ0) is 39.5. The summed E-state index contributed by atoms with van der Waals surface area (Å²) in [5.41, 5.74) is 14.4. The Morgan fingerprint density at radius 1 is 0.393 bits per heavy atom. The van der Waals surface area contributed by atoms with Gasteiger partial charge in [-0.05, 0) is 92.6 Å². The average molecular weight is 732 g/mol. The van der Waals surface area contributed by atoms with Crippen LogP contribution in [0.5, 0.6) is 0 Å². The lowest BCUT2D eigenvalue weighted by molar-refractivity contribution is 0.581. The van der Waals surface area contributed by atoms with Gasteiger partial charge in [-0.2, -0.15) is 0 Å². The number of aromatic nitrogens is 2. The molecule has 56 heavy (non-hydrogen) atoms. The van der Waals surface area contributed by atoms with E-state index in [0.717, 1.165) is 51.0 Å². The Balaban J connectivity index is 1.54. The van der Waals surface area contributed by atoms with Crippen LogP contribution >= 0.6 is 0 Å². The molecule has 0 atom stereocenters. The SMILES string of the molecule is CC(C)(C)c1ccc(N2c3ccc(C(C)(C)C)cc3C(c3cccc(-c4ccccc4)n3)(c3cccc(-c4ccccc4)n3)c3cc(C(C)(C)C)ccc32)cc1. The van der Waals surface area contributed by atoms with E-state index < -0.39 is 5.41 Å². The van der Waals surface area contributed by atoms with Crippen molar-refractivity contribution in [2.45, 2.75) is 84.0 Å². The predicted octanol–water partition coefficient (Wildman–Crippen LogP) is 13.9. The Kier molecular flexibility index (Phi) is 9.11. The minimum atomic E-state index is -0.884. The molecule has 3 heterocycles. The Bertz CT molecular complexity index is 2360. The topological polar surface area (TPSA) is 29.0 Å². The Labute approximate surface area is 334 Å². The maximum absolute atomic E-state index is 5.68. The van der Waals surface area contributed by atoms with Gasteiger partial charge in [-0.25, -0.2) is 0 Å². The molecule has 3 heteroatoms. The molecule has 2 aromatic heterocycles. The standard InChI is InChI=1S/C53H53N3/c1-50(2,3)38-26-30-41(31-27-38)56-46-32-28-39(51(4,5)6)34-42(46)53(43-35-40(52(7,8)9)29-33-47(43)56,48-24-16-22-44(54-48)36-18-12-10-13-19-36)49-25-17-23-45(55-49)37-20-14-11-15-21-37/h10-35H,1-9H3. The van der Waals surface area contributed by atoms with Gasteiger partial charge in [0.25, 0.3) is 0 Å². The molecule has 0 bridgehead atoms. The van der Waals surface area contributed by atoms with E-state index in [1.807, 2.05) is 0 Å². The highest BCUT2D eigenvalue weighted by Gasteiger charge is 2.50. The third-order valence-corrected chi connectivity index (χ3v) is 11.4. The number of hydrogen-bond acceptors (Lipinski definition) is 3. The maximum Gasteiger partial charge on any atom is 0.109 e. The molecule has 0 radical (unpaired) electrons. The van der Waals surface area contributed by atoms with Crippen molar-refractivity contribution in [2.75, 3.05) is 4.90 Å². The van der Waals surface area contributed by atoms with Crippen LogP contribution in [-0.4, -0.2) is 9.97 Å². The fraction of sp³-hybridized carbons (Fsp3) is 0.245. The Morgan fingerprint density at radius 2 is 0.786 bits per heavy atom. The summed E-state index contributed by atoms with van der Waals surface area (Å²) in [6, 6.07) is 57.5. The molecule has 7 aromatic rings. The quantitative estimate of drug-likeness (QED) is 0.176. The van der Waals surface area contributed by atoms with Crippen LogP contribution in [0.25, 0.3) is 22.5 Å². The van der Waals surface area contributed by atoms with E-state index in [0.29, 0.717) is 0 Å². The van der Waals surface area contributed by atoms with Gasteiger partial charge in [-0.3, -0.25) is 9.97 Å². The van der Waals surface area contributed by atoms with Crippen molar-refractivity contribution in [3.05, 3.63) is 197 Å². The number of anilines is 3. The van der Waals surface area contributed by atoms with Gasteiger partial charge in [0.1, 0.15) is 5.41 Å². The fourth-order valence-corrected chi connectivity index (χ4v) is 8.17. The van der Waals surface area contributed by atoms with Crippen LogP contribution in [0.1, 0.15) is 102 Å². The molecule has 3 nitrogen and oxygen atoms in total. The highest BCUT2D eigenvalue weighted by atomic mass is 15.2. The van der Waals surface area contributed by atoms with E-state index in [2.05, 4.69) is 225 Å². The molecule has 0 amide bonds. The van der Waals surface area contributed by atoms with Gasteiger partial charge in [0.05, 0.1) is 34.2 Å². The van der Waals surface area contributed by atoms with Crippen molar-refractivity contribution in [2.24, 2.45) is 0 Å². The van der Waals surface area contributed by atoms with E-state index in [9.17, 15) is 0 Å². The van der Waals surface area contributed by atoms with E-state index >= 15 is 0 Å². The molecular weight excluding hydrogens is 679 g/mol. The van der Waals surface area contributed by atoms with Crippen LogP contribution < -0.4 is 4.90 Å². The molecule has 0 saturated heterocycles. The van der Waals surface area contributed by atoms with Crippen molar-refractivity contribution >= 4 is 17.1 Å². The summed E-state index contributed by atoms with van der Waals surface area (Å²) in [5, 5.41) is 0. The van der Waals surface area contributed by atoms with Crippen LogP contribution in [-0.2, 0) is 21.7 Å². The molecule has 0 unspecified atom stereocenters. The average Bonchev–Trinajstić information content (AvgIpc) is 3.19. The molecule has 0 fully saturated rings. The number of fused-ring (bicyclic) bond motifs is 2. The highest BCUT2D eigenvalue weighted by Crippen LogP contribution is 2.58. The summed E-state index contributed by atoms with van der Waals surface area (Å²) in [6.07, 6.45) is 0. The normalized spacial score (nSPS) is 13.9. The molecule has 0 N–H and O–H groups in total. The first-order valence-corrected chi connectivity index (χ1v) is 19.9. The minimum absolute atomic E-state index is 0.0412. The molecule has 8 rings (SSSR count). The summed E-state index contributed by atoms with van der Waals surface area (Å²) >= 11 is 0. The second kappa shape index (κ2) is 13.7. The first-order chi connectivity index (χ1) is 26.7. The second-order valence-corrected chi connectivity index (χ2v) is 18.4. The third-order valence-electron chi connectivity index (χ3n) is 11.4. The number of pyridine rings is 2. The number of nitrogens with zero attached hydrogens (tertiary/aromatic N) is 3. The molecule has 0 aliphatic carbocycles. The summed E-state index contributed by atoms with van der Waals surface area (Å²) < 4.78 is 0. The van der Waals surface area contributed by atoms with E-state index in [1.165, 1.54) is 27.8 Å². The highest BCUT2D eigenvalue weighted by molar-refractivity contribution is 5.89. The monoisotopic (exact) mass is 731 g/mol. The van der Waals surface area contributed by atoms with Gasteiger partial charge in [0, 0.05) is 16.8 Å². The van der Waals surface area contributed by atoms with Crippen LogP contribution in [0.2, 0.25) is 0 Å². The summed E-state index contributed by atoms with van der Waals surface area (Å²) in [5.74, 6) is 0. The molecule has 1 aliphatic heterocycles. The van der Waals surface area contributed by atoms with Crippen LogP contribution in [0.3, 0.4) is 0 Å². The molecule has 1 aliphatic rings. The fourth-order valence-electron chi connectivity index (χ4n) is 8.17. The number of hydrogen-bond donors (Lipinski definition) is 0. The Morgan fingerprint density at radius 3 is 1.18 bits per heavy atom. The van der Waals surface area contributed by atoms with Crippen LogP contribution in [0, 0.1) is 0 Å². The molecule has 0 spiro atoms. The van der Waals surface area contributed by atoms with Crippen LogP contribution in [0.15, 0.2) is 158 Å². The van der Waals surface area contributed by atoms with E-state index in [-0.39, 0.29) is 16.2 Å². The first kappa shape index (κ1) is 37.1. The third kappa shape index (κ3) is 6.53. The largest absolute Gasteiger partial charge is 0.310 e. The lowest BCUT2D eigenvalue weighted by Crippen LogP contribution is -2.40. The lowest BCUT2D eigenvalue weighted by Gasteiger charge is -2.46. The van der Waals surface area contributed by atoms with E-state index in [1.54, 1.807) is 0 Å². The van der Waals surface area contributed by atoms with Crippen molar-refractivity contribution in [1.29, 1.82) is 0 Å². The summed E-state index contributed by atoms with van der Waals surface area (Å²) in [6.45, 7) is 20.6. The zero-order valence-electron chi connectivity index (χ0n) is 34.4. The van der Waals surface area contributed by atoms with Gasteiger partial charge >= 0.3 is 0 Å². The van der Waals surface area contributed by atoms with Gasteiger partial charge < -0.3 is 4.90 Å². The molecule has 5 aromatic carbocycles.